The third-order valence-electron chi connectivity index (χ3n) is 2.87. The Morgan fingerprint density at radius 1 is 1.43 bits per heavy atom. The van der Waals surface area contributed by atoms with E-state index < -0.39 is 16.6 Å². The fourth-order valence-corrected chi connectivity index (χ4v) is 2.99. The van der Waals surface area contributed by atoms with Gasteiger partial charge >= 0.3 is 5.97 Å². The van der Waals surface area contributed by atoms with Crippen LogP contribution >= 0.6 is 22.9 Å². The lowest BCUT2D eigenvalue weighted by Crippen LogP contribution is -2.16. The van der Waals surface area contributed by atoms with Crippen LogP contribution in [0.1, 0.15) is 15.2 Å². The number of nitro benzene ring substituents is 1. The van der Waals surface area contributed by atoms with Crippen molar-refractivity contribution in [3.8, 4) is 0 Å². The molecule has 0 saturated carbocycles. The highest BCUT2D eigenvalue weighted by molar-refractivity contribution is 7.16. The molecule has 1 aromatic carbocycles. The van der Waals surface area contributed by atoms with E-state index in [0.29, 0.717) is 16.6 Å². The number of halogens is 1. The second kappa shape index (κ2) is 6.11. The molecule has 1 N–H and O–H groups in total. The maximum Gasteiger partial charge on any atom is 0.342 e. The van der Waals surface area contributed by atoms with Crippen LogP contribution in [0.25, 0.3) is 0 Å². The highest BCUT2D eigenvalue weighted by Crippen LogP contribution is 2.28. The fraction of sp³-hybridized carbons (Fsp3) is 0.154. The van der Waals surface area contributed by atoms with Crippen molar-refractivity contribution in [1.29, 1.82) is 0 Å². The predicted octanol–water partition coefficient (Wildman–Crippen LogP) is 3.64. The van der Waals surface area contributed by atoms with Crippen LogP contribution in [-0.4, -0.2) is 23.0 Å². The Morgan fingerprint density at radius 3 is 2.67 bits per heavy atom. The van der Waals surface area contributed by atoms with E-state index in [4.69, 9.17) is 16.7 Å². The minimum Gasteiger partial charge on any atom is -0.477 e. The molecule has 0 fully saturated rings. The quantitative estimate of drug-likeness (QED) is 0.669. The number of hydrogen-bond donors (Lipinski definition) is 1. The van der Waals surface area contributed by atoms with E-state index in [0.717, 1.165) is 4.88 Å². The first kappa shape index (κ1) is 15.3. The van der Waals surface area contributed by atoms with Gasteiger partial charge in [0.05, 0.1) is 15.8 Å². The lowest BCUT2D eigenvalue weighted by Gasteiger charge is -2.18. The molecule has 0 unspecified atom stereocenters. The smallest absolute Gasteiger partial charge is 0.342 e. The molecule has 8 heteroatoms. The van der Waals surface area contributed by atoms with Crippen LogP contribution in [0.5, 0.6) is 0 Å². The van der Waals surface area contributed by atoms with Crippen molar-refractivity contribution in [3.05, 3.63) is 55.2 Å². The summed E-state index contributed by atoms with van der Waals surface area (Å²) < 4.78 is 0.672. The van der Waals surface area contributed by atoms with Gasteiger partial charge in [-0.15, -0.1) is 11.3 Å². The summed E-state index contributed by atoms with van der Waals surface area (Å²) in [6.45, 7) is 0.529. The van der Waals surface area contributed by atoms with Crippen LogP contribution in [0.2, 0.25) is 4.34 Å². The molecule has 0 aliphatic rings. The lowest BCUT2D eigenvalue weighted by atomic mass is 10.1. The van der Waals surface area contributed by atoms with E-state index >= 15 is 0 Å². The van der Waals surface area contributed by atoms with Gasteiger partial charge in [0.1, 0.15) is 5.56 Å². The number of hydrogen-bond acceptors (Lipinski definition) is 5. The third-order valence-corrected chi connectivity index (χ3v) is 4.09. The molecule has 2 aromatic rings. The monoisotopic (exact) mass is 326 g/mol. The maximum atomic E-state index is 11.0. The number of thiophene rings is 1. The summed E-state index contributed by atoms with van der Waals surface area (Å²) in [5.41, 5.74) is -0.177. The zero-order valence-electron chi connectivity index (χ0n) is 10.9. The summed E-state index contributed by atoms with van der Waals surface area (Å²) in [7, 11) is 1.77. The van der Waals surface area contributed by atoms with Gasteiger partial charge in [0.2, 0.25) is 0 Å². The van der Waals surface area contributed by atoms with E-state index in [1.165, 1.54) is 23.5 Å². The Labute approximate surface area is 129 Å². The van der Waals surface area contributed by atoms with Gasteiger partial charge in [-0.3, -0.25) is 10.1 Å². The topological polar surface area (TPSA) is 83.7 Å². The molecule has 0 atom stereocenters. The van der Waals surface area contributed by atoms with Gasteiger partial charge in [-0.1, -0.05) is 11.6 Å². The zero-order chi connectivity index (χ0) is 15.6. The average molecular weight is 327 g/mol. The van der Waals surface area contributed by atoms with Gasteiger partial charge in [0.25, 0.3) is 5.69 Å². The summed E-state index contributed by atoms with van der Waals surface area (Å²) in [5.74, 6) is -1.32. The number of rotatable bonds is 5. The molecule has 2 rings (SSSR count). The van der Waals surface area contributed by atoms with E-state index in [1.807, 2.05) is 6.07 Å². The number of aromatic carboxylic acids is 1. The Kier molecular flexibility index (Phi) is 4.44. The SMILES string of the molecule is CN(Cc1ccc(Cl)s1)c1ccc(C(=O)O)c([N+](=O)[O-])c1. The second-order valence-electron chi connectivity index (χ2n) is 4.33. The van der Waals surface area contributed by atoms with Crippen molar-refractivity contribution in [2.75, 3.05) is 11.9 Å². The van der Waals surface area contributed by atoms with Gasteiger partial charge in [-0.05, 0) is 24.3 Å². The average Bonchev–Trinajstić information content (AvgIpc) is 2.83. The molecule has 0 spiro atoms. The fourth-order valence-electron chi connectivity index (χ4n) is 1.85. The molecule has 6 nitrogen and oxygen atoms in total. The van der Waals surface area contributed by atoms with Gasteiger partial charge in [-0.2, -0.15) is 0 Å². The predicted molar refractivity (Wildman–Crippen MR) is 81.5 cm³/mol. The van der Waals surface area contributed by atoms with Gasteiger partial charge < -0.3 is 10.0 Å². The molecule has 0 radical (unpaired) electrons. The van der Waals surface area contributed by atoms with E-state index in [9.17, 15) is 14.9 Å². The van der Waals surface area contributed by atoms with Crippen LogP contribution in [0, 0.1) is 10.1 Å². The Morgan fingerprint density at radius 2 is 2.14 bits per heavy atom. The van der Waals surface area contributed by atoms with Crippen LogP contribution < -0.4 is 4.90 Å². The summed E-state index contributed by atoms with van der Waals surface area (Å²) >= 11 is 7.28. The number of nitro groups is 1. The van der Waals surface area contributed by atoms with Crippen molar-refractivity contribution in [2.45, 2.75) is 6.54 Å². The molecule has 21 heavy (non-hydrogen) atoms. The normalized spacial score (nSPS) is 10.4. The molecule has 1 heterocycles. The molecular formula is C13H11ClN2O4S. The first-order valence-electron chi connectivity index (χ1n) is 5.85. The number of carbonyl (C=O) groups is 1. The summed E-state index contributed by atoms with van der Waals surface area (Å²) in [6, 6.07) is 7.72. The Bertz CT molecular complexity index is 701. The number of carboxylic acid groups (broad SMARTS) is 1. The van der Waals surface area contributed by atoms with Gasteiger partial charge in [0, 0.05) is 23.7 Å². The molecule has 0 aliphatic carbocycles. The molecule has 1 aromatic heterocycles. The molecular weight excluding hydrogens is 316 g/mol. The third kappa shape index (κ3) is 3.50. The van der Waals surface area contributed by atoms with Crippen LogP contribution in [0.4, 0.5) is 11.4 Å². The first-order chi connectivity index (χ1) is 9.88. The summed E-state index contributed by atoms with van der Waals surface area (Å²) in [6.07, 6.45) is 0. The van der Waals surface area contributed by atoms with Crippen molar-refractivity contribution in [2.24, 2.45) is 0 Å². The first-order valence-corrected chi connectivity index (χ1v) is 7.05. The van der Waals surface area contributed by atoms with E-state index in [-0.39, 0.29) is 5.56 Å². The zero-order valence-corrected chi connectivity index (χ0v) is 12.5. The van der Waals surface area contributed by atoms with Crippen molar-refractivity contribution in [1.82, 2.24) is 0 Å². The number of carboxylic acids is 1. The van der Waals surface area contributed by atoms with Crippen molar-refractivity contribution >= 4 is 40.3 Å². The van der Waals surface area contributed by atoms with Crippen LogP contribution in [-0.2, 0) is 6.54 Å². The maximum absolute atomic E-state index is 11.0. The lowest BCUT2D eigenvalue weighted by molar-refractivity contribution is -0.385. The van der Waals surface area contributed by atoms with Crippen molar-refractivity contribution < 1.29 is 14.8 Å². The number of anilines is 1. The van der Waals surface area contributed by atoms with E-state index in [2.05, 4.69) is 0 Å². The number of benzene rings is 1. The standard InChI is InChI=1S/C13H11ClN2O4S/c1-15(7-9-3-5-12(14)21-9)8-2-4-10(13(17)18)11(6-8)16(19)20/h2-6H,7H2,1H3,(H,17,18). The summed E-state index contributed by atoms with van der Waals surface area (Å²) in [4.78, 5) is 24.0. The van der Waals surface area contributed by atoms with Crippen LogP contribution in [0.15, 0.2) is 30.3 Å². The molecule has 0 aliphatic heterocycles. The van der Waals surface area contributed by atoms with Crippen molar-refractivity contribution in [3.63, 3.8) is 0 Å². The largest absolute Gasteiger partial charge is 0.477 e. The highest BCUT2D eigenvalue weighted by Gasteiger charge is 2.21. The second-order valence-corrected chi connectivity index (χ2v) is 6.13. The van der Waals surface area contributed by atoms with Gasteiger partial charge in [-0.25, -0.2) is 4.79 Å². The van der Waals surface area contributed by atoms with Crippen LogP contribution in [0.3, 0.4) is 0 Å². The Balaban J connectivity index is 2.29. The molecule has 110 valence electrons. The Hall–Kier alpha value is -2.12. The minimum absolute atomic E-state index is 0.323. The minimum atomic E-state index is -1.32. The van der Waals surface area contributed by atoms with E-state index in [1.54, 1.807) is 24.1 Å². The number of nitrogens with zero attached hydrogens (tertiary/aromatic N) is 2. The van der Waals surface area contributed by atoms with Gasteiger partial charge in [0.15, 0.2) is 0 Å². The summed E-state index contributed by atoms with van der Waals surface area (Å²) in [5, 5.41) is 19.9. The molecule has 0 amide bonds. The molecule has 0 saturated heterocycles. The molecule has 0 bridgehead atoms. The highest BCUT2D eigenvalue weighted by atomic mass is 35.5.